The maximum atomic E-state index is 11.7. The molecule has 2 aromatic rings. The number of benzene rings is 1. The highest BCUT2D eigenvalue weighted by Crippen LogP contribution is 2.29. The molecule has 0 bridgehead atoms. The highest BCUT2D eigenvalue weighted by atomic mass is 35.5. The molecule has 0 radical (unpaired) electrons. The first-order valence-electron chi connectivity index (χ1n) is 6.41. The second-order valence-electron chi connectivity index (χ2n) is 5.09. The second kappa shape index (κ2) is 5.00. The van der Waals surface area contributed by atoms with Crippen LogP contribution in [0.2, 0.25) is 5.02 Å². The number of nitrogens with zero attached hydrogens (tertiary/aromatic N) is 2. The van der Waals surface area contributed by atoms with Gasteiger partial charge in [0.15, 0.2) is 0 Å². The highest BCUT2D eigenvalue weighted by Gasteiger charge is 2.43. The van der Waals surface area contributed by atoms with Crippen molar-refractivity contribution in [2.75, 3.05) is 7.11 Å². The van der Waals surface area contributed by atoms with E-state index in [1.54, 1.807) is 13.1 Å². The molecule has 1 unspecified atom stereocenters. The van der Waals surface area contributed by atoms with Crippen LogP contribution < -0.4 is 0 Å². The molecule has 3 rings (SSSR count). The highest BCUT2D eigenvalue weighted by molar-refractivity contribution is 6.31. The van der Waals surface area contributed by atoms with Gasteiger partial charge in [-0.1, -0.05) is 22.8 Å². The number of methoxy groups -OCH3 is 1. The zero-order valence-electron chi connectivity index (χ0n) is 11.6. The standard InChI is InChI=1S/C15H13ClN2O3/c1-15(14(19)20-2)7-13(18-21-15)9-3-4-12-10(5-9)6-11(16)8-17-12/h3-6,8H,7H2,1-2H3. The quantitative estimate of drug-likeness (QED) is 0.800. The number of pyridine rings is 1. The number of aromatic nitrogens is 1. The van der Waals surface area contributed by atoms with Gasteiger partial charge in [-0.3, -0.25) is 4.98 Å². The fourth-order valence-electron chi connectivity index (χ4n) is 2.30. The van der Waals surface area contributed by atoms with E-state index in [2.05, 4.69) is 10.1 Å². The Morgan fingerprint density at radius 3 is 3.00 bits per heavy atom. The number of oxime groups is 1. The van der Waals surface area contributed by atoms with E-state index in [0.717, 1.165) is 16.5 Å². The molecule has 1 atom stereocenters. The third-order valence-electron chi connectivity index (χ3n) is 3.46. The Bertz CT molecular complexity index is 760. The number of fused-ring (bicyclic) bond motifs is 1. The molecule has 0 spiro atoms. The number of hydrogen-bond acceptors (Lipinski definition) is 5. The minimum atomic E-state index is -1.06. The number of hydrogen-bond donors (Lipinski definition) is 0. The van der Waals surface area contributed by atoms with E-state index in [1.165, 1.54) is 7.11 Å². The summed E-state index contributed by atoms with van der Waals surface area (Å²) in [5.74, 6) is -0.438. The van der Waals surface area contributed by atoms with Crippen LogP contribution in [-0.4, -0.2) is 29.4 Å². The summed E-state index contributed by atoms with van der Waals surface area (Å²) in [5, 5.41) is 5.50. The zero-order chi connectivity index (χ0) is 15.0. The first-order valence-corrected chi connectivity index (χ1v) is 6.79. The van der Waals surface area contributed by atoms with E-state index in [0.29, 0.717) is 17.2 Å². The van der Waals surface area contributed by atoms with Crippen LogP contribution in [0.25, 0.3) is 10.9 Å². The molecule has 6 heteroatoms. The van der Waals surface area contributed by atoms with Crippen molar-refractivity contribution < 1.29 is 14.4 Å². The van der Waals surface area contributed by atoms with Gasteiger partial charge in [-0.25, -0.2) is 4.79 Å². The van der Waals surface area contributed by atoms with Crippen LogP contribution in [0.4, 0.5) is 0 Å². The van der Waals surface area contributed by atoms with E-state index in [9.17, 15) is 4.79 Å². The van der Waals surface area contributed by atoms with Crippen LogP contribution in [0.15, 0.2) is 35.6 Å². The van der Waals surface area contributed by atoms with Crippen molar-refractivity contribution in [3.8, 4) is 0 Å². The molecule has 21 heavy (non-hydrogen) atoms. The Labute approximate surface area is 126 Å². The Morgan fingerprint density at radius 1 is 1.43 bits per heavy atom. The fraction of sp³-hybridized carbons (Fsp3) is 0.267. The molecule has 1 aliphatic rings. The van der Waals surface area contributed by atoms with Gasteiger partial charge in [-0.2, -0.15) is 0 Å². The predicted octanol–water partition coefficient (Wildman–Crippen LogP) is 2.94. The molecule has 0 fully saturated rings. The van der Waals surface area contributed by atoms with Crippen molar-refractivity contribution in [1.82, 2.24) is 4.98 Å². The lowest BCUT2D eigenvalue weighted by atomic mass is 9.95. The summed E-state index contributed by atoms with van der Waals surface area (Å²) in [6.07, 6.45) is 1.97. The number of halogens is 1. The summed E-state index contributed by atoms with van der Waals surface area (Å²) in [6, 6.07) is 7.55. The molecule has 0 saturated carbocycles. The minimum Gasteiger partial charge on any atom is -0.466 e. The molecule has 0 aliphatic carbocycles. The van der Waals surface area contributed by atoms with Gasteiger partial charge in [-0.05, 0) is 25.1 Å². The molecule has 1 aromatic heterocycles. The first kappa shape index (κ1) is 13.8. The third-order valence-corrected chi connectivity index (χ3v) is 3.67. The zero-order valence-corrected chi connectivity index (χ0v) is 12.3. The lowest BCUT2D eigenvalue weighted by Gasteiger charge is -2.17. The molecule has 108 valence electrons. The Morgan fingerprint density at radius 2 is 2.24 bits per heavy atom. The van der Waals surface area contributed by atoms with Gasteiger partial charge in [0.2, 0.25) is 5.60 Å². The molecular formula is C15H13ClN2O3. The summed E-state index contributed by atoms with van der Waals surface area (Å²) >= 11 is 5.96. The van der Waals surface area contributed by atoms with Crippen LogP contribution >= 0.6 is 11.6 Å². The number of rotatable bonds is 2. The maximum Gasteiger partial charge on any atom is 0.353 e. The van der Waals surface area contributed by atoms with Crippen molar-refractivity contribution in [3.05, 3.63) is 41.0 Å². The molecule has 1 aliphatic heterocycles. The number of esters is 1. The van der Waals surface area contributed by atoms with Crippen LogP contribution in [0.5, 0.6) is 0 Å². The van der Waals surface area contributed by atoms with Gasteiger partial charge in [0.1, 0.15) is 0 Å². The van der Waals surface area contributed by atoms with Crippen molar-refractivity contribution in [2.24, 2.45) is 5.16 Å². The van der Waals surface area contributed by atoms with Gasteiger partial charge in [0.05, 0.1) is 23.4 Å². The van der Waals surface area contributed by atoms with Crippen LogP contribution in [0, 0.1) is 0 Å². The van der Waals surface area contributed by atoms with Gasteiger partial charge >= 0.3 is 5.97 Å². The van der Waals surface area contributed by atoms with E-state index in [-0.39, 0.29) is 0 Å². The van der Waals surface area contributed by atoms with Crippen LogP contribution in [0.3, 0.4) is 0 Å². The second-order valence-corrected chi connectivity index (χ2v) is 5.53. The van der Waals surface area contributed by atoms with Crippen molar-refractivity contribution in [2.45, 2.75) is 18.9 Å². The van der Waals surface area contributed by atoms with Gasteiger partial charge in [0, 0.05) is 23.6 Å². The van der Waals surface area contributed by atoms with Crippen LogP contribution in [0.1, 0.15) is 18.9 Å². The van der Waals surface area contributed by atoms with Crippen LogP contribution in [-0.2, 0) is 14.4 Å². The van der Waals surface area contributed by atoms with Crippen molar-refractivity contribution in [3.63, 3.8) is 0 Å². The van der Waals surface area contributed by atoms with E-state index < -0.39 is 11.6 Å². The number of carbonyl (C=O) groups excluding carboxylic acids is 1. The Balaban J connectivity index is 1.93. The minimum absolute atomic E-state index is 0.360. The van der Waals surface area contributed by atoms with Gasteiger partial charge in [0.25, 0.3) is 0 Å². The molecule has 0 N–H and O–H groups in total. The average Bonchev–Trinajstić information content (AvgIpc) is 2.89. The Kier molecular flexibility index (Phi) is 3.29. The lowest BCUT2D eigenvalue weighted by Crippen LogP contribution is -2.36. The summed E-state index contributed by atoms with van der Waals surface area (Å²) in [4.78, 5) is 21.2. The summed E-state index contributed by atoms with van der Waals surface area (Å²) in [5.41, 5.74) is 1.35. The van der Waals surface area contributed by atoms with Gasteiger partial charge < -0.3 is 9.57 Å². The van der Waals surface area contributed by atoms with E-state index in [1.807, 2.05) is 24.3 Å². The fourth-order valence-corrected chi connectivity index (χ4v) is 2.47. The monoisotopic (exact) mass is 304 g/mol. The largest absolute Gasteiger partial charge is 0.466 e. The topological polar surface area (TPSA) is 60.8 Å². The first-order chi connectivity index (χ1) is 10.0. The third kappa shape index (κ3) is 2.45. The molecule has 0 saturated heterocycles. The molecule has 1 aromatic carbocycles. The summed E-state index contributed by atoms with van der Waals surface area (Å²) < 4.78 is 4.74. The lowest BCUT2D eigenvalue weighted by molar-refractivity contribution is -0.164. The molecule has 0 amide bonds. The normalized spacial score (nSPS) is 21.0. The molecule has 2 heterocycles. The number of carbonyl (C=O) groups is 1. The smallest absolute Gasteiger partial charge is 0.353 e. The summed E-state index contributed by atoms with van der Waals surface area (Å²) in [7, 11) is 1.33. The molecule has 5 nitrogen and oxygen atoms in total. The predicted molar refractivity (Wildman–Crippen MR) is 79.4 cm³/mol. The number of ether oxygens (including phenoxy) is 1. The maximum absolute atomic E-state index is 11.7. The SMILES string of the molecule is COC(=O)C1(C)CC(c2ccc3ncc(Cl)cc3c2)=NO1. The molecular weight excluding hydrogens is 292 g/mol. The summed E-state index contributed by atoms with van der Waals surface area (Å²) in [6.45, 7) is 1.66. The van der Waals surface area contributed by atoms with Crippen molar-refractivity contribution in [1.29, 1.82) is 0 Å². The average molecular weight is 305 g/mol. The Hall–Kier alpha value is -2.14. The van der Waals surface area contributed by atoms with E-state index in [4.69, 9.17) is 21.2 Å². The van der Waals surface area contributed by atoms with Crippen molar-refractivity contribution >= 4 is 34.2 Å². The van der Waals surface area contributed by atoms with E-state index >= 15 is 0 Å². The van der Waals surface area contributed by atoms with Gasteiger partial charge in [-0.15, -0.1) is 0 Å².